The number of rotatable bonds is 2. The lowest BCUT2D eigenvalue weighted by Gasteiger charge is -2.15. The minimum Gasteiger partial charge on any atom is -0.382 e. The SMILES string of the molecule is CC#CC(=O)N1CCC(n2cc(-c3ccc4ccccc4c3)c3c(N)n[nH]c(=O)c32)C1. The predicted molar refractivity (Wildman–Crippen MR) is 121 cm³/mol. The van der Waals surface area contributed by atoms with Gasteiger partial charge in [-0.2, -0.15) is 5.10 Å². The molecule has 1 fully saturated rings. The maximum Gasteiger partial charge on any atom is 0.298 e. The molecule has 4 aromatic rings. The van der Waals surface area contributed by atoms with Crippen LogP contribution in [0.15, 0.2) is 53.5 Å². The first kappa shape index (κ1) is 18.9. The Hall–Kier alpha value is -4.05. The normalized spacial score (nSPS) is 15.9. The average Bonchev–Trinajstić information content (AvgIpc) is 3.42. The standard InChI is InChI=1S/C24H21N5O2/c1-2-5-20(30)28-11-10-18(13-28)29-14-19(21-22(29)24(31)27-26-23(21)25)17-9-8-15-6-3-4-7-16(15)12-17/h3-4,6-9,12,14,18H,10-11,13H2,1H3,(H2,25,26)(H,27,31). The van der Waals surface area contributed by atoms with Crippen LogP contribution in [0.25, 0.3) is 32.8 Å². The van der Waals surface area contributed by atoms with Crippen molar-refractivity contribution in [2.75, 3.05) is 18.8 Å². The van der Waals surface area contributed by atoms with Crippen molar-refractivity contribution in [1.29, 1.82) is 0 Å². The molecule has 1 saturated heterocycles. The number of nitrogens with zero attached hydrogens (tertiary/aromatic N) is 3. The highest BCUT2D eigenvalue weighted by Gasteiger charge is 2.29. The van der Waals surface area contributed by atoms with Crippen LogP contribution >= 0.6 is 0 Å². The highest BCUT2D eigenvalue weighted by atomic mass is 16.2. The Morgan fingerprint density at radius 1 is 1.23 bits per heavy atom. The number of aromatic nitrogens is 3. The number of carbonyl (C=O) groups is 1. The molecule has 2 aromatic heterocycles. The molecular weight excluding hydrogens is 390 g/mol. The maximum atomic E-state index is 12.8. The molecule has 7 nitrogen and oxygen atoms in total. The van der Waals surface area contributed by atoms with E-state index in [2.05, 4.69) is 46.3 Å². The lowest BCUT2D eigenvalue weighted by Crippen LogP contribution is -2.28. The number of nitrogens with one attached hydrogen (secondary N) is 1. The van der Waals surface area contributed by atoms with Crippen molar-refractivity contribution in [2.45, 2.75) is 19.4 Å². The number of likely N-dealkylation sites (tertiary alicyclic amines) is 1. The molecule has 3 N–H and O–H groups in total. The van der Waals surface area contributed by atoms with Gasteiger partial charge in [-0.15, -0.1) is 0 Å². The Morgan fingerprint density at radius 3 is 2.84 bits per heavy atom. The summed E-state index contributed by atoms with van der Waals surface area (Å²) in [5.74, 6) is 5.34. The smallest absolute Gasteiger partial charge is 0.298 e. The van der Waals surface area contributed by atoms with Gasteiger partial charge in [0.25, 0.3) is 11.5 Å². The van der Waals surface area contributed by atoms with E-state index < -0.39 is 0 Å². The summed E-state index contributed by atoms with van der Waals surface area (Å²) in [5, 5.41) is 9.39. The van der Waals surface area contributed by atoms with E-state index in [9.17, 15) is 9.59 Å². The molecular formula is C24H21N5O2. The first-order chi connectivity index (χ1) is 15.1. The van der Waals surface area contributed by atoms with Gasteiger partial charge in [0, 0.05) is 24.8 Å². The Balaban J connectivity index is 1.67. The molecule has 1 atom stereocenters. The topological polar surface area (TPSA) is 97.0 Å². The zero-order valence-corrected chi connectivity index (χ0v) is 17.1. The highest BCUT2D eigenvalue weighted by Crippen LogP contribution is 2.36. The number of carbonyl (C=O) groups excluding carboxylic acids is 1. The zero-order chi connectivity index (χ0) is 21.5. The number of aromatic amines is 1. The highest BCUT2D eigenvalue weighted by molar-refractivity contribution is 6.03. The molecule has 2 aromatic carbocycles. The van der Waals surface area contributed by atoms with Crippen molar-refractivity contribution in [3.63, 3.8) is 0 Å². The number of amides is 1. The van der Waals surface area contributed by atoms with Crippen molar-refractivity contribution >= 4 is 33.4 Å². The Bertz CT molecular complexity index is 1450. The number of fused-ring (bicyclic) bond motifs is 2. The third kappa shape index (κ3) is 3.13. The molecule has 1 aliphatic rings. The van der Waals surface area contributed by atoms with Crippen molar-refractivity contribution < 1.29 is 4.79 Å². The van der Waals surface area contributed by atoms with Gasteiger partial charge < -0.3 is 15.2 Å². The molecule has 0 radical (unpaired) electrons. The minimum atomic E-state index is -0.297. The summed E-state index contributed by atoms with van der Waals surface area (Å²) < 4.78 is 1.95. The van der Waals surface area contributed by atoms with Gasteiger partial charge in [-0.05, 0) is 41.7 Å². The third-order valence-corrected chi connectivity index (χ3v) is 5.92. The van der Waals surface area contributed by atoms with Crippen molar-refractivity contribution in [3.8, 4) is 23.0 Å². The van der Waals surface area contributed by atoms with Gasteiger partial charge in [-0.25, -0.2) is 5.10 Å². The Kier molecular flexibility index (Phi) is 4.48. The summed E-state index contributed by atoms with van der Waals surface area (Å²) in [6.07, 6.45) is 2.70. The van der Waals surface area contributed by atoms with Crippen LogP contribution in [0.5, 0.6) is 0 Å². The monoisotopic (exact) mass is 411 g/mol. The van der Waals surface area contributed by atoms with Gasteiger partial charge in [0.1, 0.15) is 5.52 Å². The molecule has 1 aliphatic heterocycles. The van der Waals surface area contributed by atoms with E-state index in [1.807, 2.05) is 29.0 Å². The van der Waals surface area contributed by atoms with Crippen molar-refractivity contribution in [2.24, 2.45) is 0 Å². The number of hydrogen-bond donors (Lipinski definition) is 2. The molecule has 1 unspecified atom stereocenters. The van der Waals surface area contributed by atoms with Crippen molar-refractivity contribution in [1.82, 2.24) is 19.7 Å². The van der Waals surface area contributed by atoms with E-state index in [4.69, 9.17) is 5.73 Å². The van der Waals surface area contributed by atoms with Crippen LogP contribution in [-0.2, 0) is 4.79 Å². The Morgan fingerprint density at radius 2 is 2.03 bits per heavy atom. The number of nitrogen functional groups attached to an aromatic ring is 1. The maximum absolute atomic E-state index is 12.8. The van der Waals surface area contributed by atoms with E-state index in [-0.39, 0.29) is 23.3 Å². The second-order valence-corrected chi connectivity index (χ2v) is 7.74. The van der Waals surface area contributed by atoms with Crippen molar-refractivity contribution in [3.05, 3.63) is 59.0 Å². The third-order valence-electron chi connectivity index (χ3n) is 5.92. The molecule has 5 rings (SSSR count). The molecule has 1 amide bonds. The molecule has 3 heterocycles. The molecule has 31 heavy (non-hydrogen) atoms. The van der Waals surface area contributed by atoms with Crippen LogP contribution in [-0.4, -0.2) is 38.7 Å². The average molecular weight is 411 g/mol. The fourth-order valence-electron chi connectivity index (χ4n) is 4.44. The largest absolute Gasteiger partial charge is 0.382 e. The first-order valence-corrected chi connectivity index (χ1v) is 10.2. The summed E-state index contributed by atoms with van der Waals surface area (Å²) in [5.41, 5.74) is 8.23. The predicted octanol–water partition coefficient (Wildman–Crippen LogP) is 2.92. The molecule has 0 bridgehead atoms. The molecule has 0 spiro atoms. The van der Waals surface area contributed by atoms with E-state index in [1.165, 1.54) is 0 Å². The van der Waals surface area contributed by atoms with Gasteiger partial charge >= 0.3 is 0 Å². The summed E-state index contributed by atoms with van der Waals surface area (Å²) in [6, 6.07) is 14.3. The van der Waals surface area contributed by atoms with Gasteiger partial charge in [0.05, 0.1) is 11.4 Å². The van der Waals surface area contributed by atoms with Gasteiger partial charge in [0.15, 0.2) is 5.82 Å². The zero-order valence-electron chi connectivity index (χ0n) is 17.1. The minimum absolute atomic E-state index is 0.0396. The first-order valence-electron chi connectivity index (χ1n) is 10.2. The van der Waals surface area contributed by atoms with E-state index in [0.717, 1.165) is 28.3 Å². The van der Waals surface area contributed by atoms with Crippen LogP contribution in [0.4, 0.5) is 5.82 Å². The summed E-state index contributed by atoms with van der Waals surface area (Å²) in [4.78, 5) is 26.7. The fraction of sp³-hybridized carbons (Fsp3) is 0.208. The summed E-state index contributed by atoms with van der Waals surface area (Å²) in [6.45, 7) is 2.74. The van der Waals surface area contributed by atoms with E-state index in [1.54, 1.807) is 11.8 Å². The van der Waals surface area contributed by atoms with E-state index in [0.29, 0.717) is 24.0 Å². The fourth-order valence-corrected chi connectivity index (χ4v) is 4.44. The second kappa shape index (κ2) is 7.33. The number of H-pyrrole nitrogens is 1. The van der Waals surface area contributed by atoms with Crippen LogP contribution in [0.2, 0.25) is 0 Å². The number of anilines is 1. The summed E-state index contributed by atoms with van der Waals surface area (Å²) in [7, 11) is 0. The van der Waals surface area contributed by atoms with Crippen LogP contribution in [0.1, 0.15) is 19.4 Å². The van der Waals surface area contributed by atoms with Gasteiger partial charge in [-0.1, -0.05) is 42.3 Å². The number of hydrogen-bond acceptors (Lipinski definition) is 4. The molecule has 7 heteroatoms. The molecule has 0 aliphatic carbocycles. The number of benzene rings is 2. The van der Waals surface area contributed by atoms with Crippen LogP contribution in [0.3, 0.4) is 0 Å². The molecule has 0 saturated carbocycles. The van der Waals surface area contributed by atoms with Gasteiger partial charge in [0.2, 0.25) is 0 Å². The van der Waals surface area contributed by atoms with E-state index >= 15 is 0 Å². The lowest BCUT2D eigenvalue weighted by atomic mass is 10.0. The molecule has 154 valence electrons. The number of nitrogens with two attached hydrogens (primary N) is 1. The quantitative estimate of drug-likeness (QED) is 0.496. The Labute approximate surface area is 178 Å². The summed E-state index contributed by atoms with van der Waals surface area (Å²) >= 11 is 0. The van der Waals surface area contributed by atoms with Crippen LogP contribution < -0.4 is 11.3 Å². The lowest BCUT2D eigenvalue weighted by molar-refractivity contribution is -0.124. The van der Waals surface area contributed by atoms with Crippen LogP contribution in [0, 0.1) is 11.8 Å². The second-order valence-electron chi connectivity index (χ2n) is 7.74. The van der Waals surface area contributed by atoms with Gasteiger partial charge in [-0.3, -0.25) is 9.59 Å².